The highest BCUT2D eigenvalue weighted by atomic mass is 19.4. The number of anilines is 1. The Morgan fingerprint density at radius 3 is 2.64 bits per heavy atom. The second-order valence-corrected chi connectivity index (χ2v) is 5.06. The first-order chi connectivity index (χ1) is 11.6. The molecule has 1 heterocycles. The van der Waals surface area contributed by atoms with E-state index < -0.39 is 22.9 Å². The molecule has 0 aliphatic heterocycles. The van der Waals surface area contributed by atoms with Gasteiger partial charge in [-0.1, -0.05) is 6.07 Å². The fourth-order valence-electron chi connectivity index (χ4n) is 2.21. The lowest BCUT2D eigenvalue weighted by Crippen LogP contribution is -2.21. The number of carbonyl (C=O) groups is 1. The van der Waals surface area contributed by atoms with Gasteiger partial charge in [-0.05, 0) is 26.0 Å². The molecule has 0 spiro atoms. The number of aryl methyl sites for hydroxylation is 1. The topological polar surface area (TPSA) is 99.3 Å². The molecule has 134 valence electrons. The van der Waals surface area contributed by atoms with Crippen molar-refractivity contribution in [3.8, 4) is 5.75 Å². The van der Waals surface area contributed by atoms with Gasteiger partial charge in [0.05, 0.1) is 4.92 Å². The van der Waals surface area contributed by atoms with Gasteiger partial charge in [-0.3, -0.25) is 19.6 Å². The fourth-order valence-corrected chi connectivity index (χ4v) is 2.21. The number of nitrogens with one attached hydrogen (secondary N) is 1. The van der Waals surface area contributed by atoms with Gasteiger partial charge < -0.3 is 10.1 Å². The lowest BCUT2D eigenvalue weighted by molar-refractivity contribution is -0.386. The number of benzene rings is 1. The van der Waals surface area contributed by atoms with Crippen LogP contribution < -0.4 is 10.1 Å². The Balaban J connectivity index is 2.10. The van der Waals surface area contributed by atoms with Gasteiger partial charge in [0.2, 0.25) is 5.91 Å². The molecule has 0 saturated carbocycles. The quantitative estimate of drug-likeness (QED) is 0.654. The molecular weight excluding hydrogens is 345 g/mol. The third-order valence-corrected chi connectivity index (χ3v) is 3.17. The summed E-state index contributed by atoms with van der Waals surface area (Å²) in [7, 11) is 0. The molecular formula is C14H13F3N4O4. The van der Waals surface area contributed by atoms with Gasteiger partial charge in [-0.2, -0.15) is 5.10 Å². The van der Waals surface area contributed by atoms with Crippen LogP contribution in [0.1, 0.15) is 11.4 Å². The minimum Gasteiger partial charge on any atom is -0.406 e. The summed E-state index contributed by atoms with van der Waals surface area (Å²) in [5.74, 6) is -1.09. The number of hydrogen-bond donors (Lipinski definition) is 1. The maximum absolute atomic E-state index is 12.2. The van der Waals surface area contributed by atoms with Crippen molar-refractivity contribution in [1.82, 2.24) is 9.78 Å². The second-order valence-electron chi connectivity index (χ2n) is 5.06. The van der Waals surface area contributed by atoms with Crippen molar-refractivity contribution in [2.75, 3.05) is 5.32 Å². The second kappa shape index (κ2) is 6.79. The maximum Gasteiger partial charge on any atom is 0.573 e. The van der Waals surface area contributed by atoms with E-state index in [0.29, 0.717) is 0 Å². The Hall–Kier alpha value is -3.11. The predicted octanol–water partition coefficient (Wildman–Crippen LogP) is 2.95. The molecule has 2 aromatic rings. The molecule has 8 nitrogen and oxygen atoms in total. The number of halogens is 3. The van der Waals surface area contributed by atoms with E-state index in [-0.39, 0.29) is 29.3 Å². The monoisotopic (exact) mass is 358 g/mol. The smallest absolute Gasteiger partial charge is 0.406 e. The molecule has 2 rings (SSSR count). The van der Waals surface area contributed by atoms with Crippen LogP contribution in [0.2, 0.25) is 0 Å². The fraction of sp³-hybridized carbons (Fsp3) is 0.286. The number of hydrogen-bond acceptors (Lipinski definition) is 5. The Morgan fingerprint density at radius 2 is 2.08 bits per heavy atom. The number of rotatable bonds is 5. The number of alkyl halides is 3. The Kier molecular flexibility index (Phi) is 4.95. The van der Waals surface area contributed by atoms with Crippen molar-refractivity contribution in [3.05, 3.63) is 45.8 Å². The summed E-state index contributed by atoms with van der Waals surface area (Å²) in [6.07, 6.45) is -4.84. The first-order valence-electron chi connectivity index (χ1n) is 6.91. The van der Waals surface area contributed by atoms with Crippen LogP contribution >= 0.6 is 0 Å². The van der Waals surface area contributed by atoms with E-state index in [0.717, 1.165) is 16.8 Å². The summed E-state index contributed by atoms with van der Waals surface area (Å²) in [5.41, 5.74) is 0.263. The lowest BCUT2D eigenvalue weighted by atomic mass is 10.3. The maximum atomic E-state index is 12.2. The summed E-state index contributed by atoms with van der Waals surface area (Å²) >= 11 is 0. The zero-order valence-electron chi connectivity index (χ0n) is 13.1. The summed E-state index contributed by atoms with van der Waals surface area (Å²) in [4.78, 5) is 22.4. The number of nitro groups is 1. The van der Waals surface area contributed by atoms with Crippen LogP contribution in [0.25, 0.3) is 0 Å². The molecule has 0 aliphatic rings. The number of carbonyl (C=O) groups excluding carboxylic acids is 1. The number of nitrogens with zero attached hydrogens (tertiary/aromatic N) is 3. The van der Waals surface area contributed by atoms with Crippen molar-refractivity contribution in [1.29, 1.82) is 0 Å². The van der Waals surface area contributed by atoms with Crippen LogP contribution in [-0.4, -0.2) is 27.0 Å². The van der Waals surface area contributed by atoms with E-state index in [4.69, 9.17) is 0 Å². The third kappa shape index (κ3) is 4.68. The average Bonchev–Trinajstić information content (AvgIpc) is 2.71. The molecule has 25 heavy (non-hydrogen) atoms. The van der Waals surface area contributed by atoms with Crippen LogP contribution in [0.15, 0.2) is 24.3 Å². The highest BCUT2D eigenvalue weighted by Gasteiger charge is 2.31. The van der Waals surface area contributed by atoms with E-state index in [1.165, 1.54) is 26.0 Å². The van der Waals surface area contributed by atoms with Gasteiger partial charge >= 0.3 is 12.0 Å². The van der Waals surface area contributed by atoms with Crippen LogP contribution in [0.5, 0.6) is 5.75 Å². The molecule has 1 aromatic heterocycles. The number of amides is 1. The van der Waals surface area contributed by atoms with Crippen LogP contribution in [0.3, 0.4) is 0 Å². The highest BCUT2D eigenvalue weighted by Crippen LogP contribution is 2.25. The van der Waals surface area contributed by atoms with Gasteiger partial charge in [0.25, 0.3) is 0 Å². The first-order valence-corrected chi connectivity index (χ1v) is 6.91. The molecule has 11 heteroatoms. The van der Waals surface area contributed by atoms with E-state index in [2.05, 4.69) is 15.2 Å². The van der Waals surface area contributed by atoms with Gasteiger partial charge in [-0.15, -0.1) is 13.2 Å². The first kappa shape index (κ1) is 18.2. The Labute approximate surface area is 139 Å². The standard InChI is InChI=1S/C14H13F3N4O4/c1-8-13(21(23)24)9(2)20(19-8)7-12(22)18-10-4-3-5-11(6-10)25-14(15,16)17/h3-6H,7H2,1-2H3,(H,18,22). The molecule has 1 N–H and O–H groups in total. The normalized spacial score (nSPS) is 11.2. The largest absolute Gasteiger partial charge is 0.573 e. The van der Waals surface area contributed by atoms with E-state index in [1.54, 1.807) is 0 Å². The number of ether oxygens (including phenoxy) is 1. The zero-order chi connectivity index (χ0) is 18.8. The van der Waals surface area contributed by atoms with Crippen molar-refractivity contribution in [2.45, 2.75) is 26.8 Å². The van der Waals surface area contributed by atoms with Crippen LogP contribution in [0, 0.1) is 24.0 Å². The number of aromatic nitrogens is 2. The zero-order valence-corrected chi connectivity index (χ0v) is 13.1. The van der Waals surface area contributed by atoms with Crippen molar-refractivity contribution in [3.63, 3.8) is 0 Å². The minimum atomic E-state index is -4.84. The molecule has 0 unspecified atom stereocenters. The SMILES string of the molecule is Cc1nn(CC(=O)Nc2cccc(OC(F)(F)F)c2)c(C)c1[N+](=O)[O-]. The van der Waals surface area contributed by atoms with Gasteiger partial charge in [-0.25, -0.2) is 0 Å². The van der Waals surface area contributed by atoms with E-state index in [1.807, 2.05) is 0 Å². The van der Waals surface area contributed by atoms with Crippen molar-refractivity contribution in [2.24, 2.45) is 0 Å². The van der Waals surface area contributed by atoms with Crippen LogP contribution in [-0.2, 0) is 11.3 Å². The summed E-state index contributed by atoms with van der Waals surface area (Å²) in [6.45, 7) is 2.56. The molecule has 0 saturated heterocycles. The highest BCUT2D eigenvalue weighted by molar-refractivity contribution is 5.90. The average molecular weight is 358 g/mol. The molecule has 0 aliphatic carbocycles. The van der Waals surface area contributed by atoms with Crippen molar-refractivity contribution < 1.29 is 27.6 Å². The molecule has 0 fully saturated rings. The molecule has 0 atom stereocenters. The summed E-state index contributed by atoms with van der Waals surface area (Å²) in [6, 6.07) is 4.76. The van der Waals surface area contributed by atoms with Crippen molar-refractivity contribution >= 4 is 17.3 Å². The molecule has 0 radical (unpaired) electrons. The van der Waals surface area contributed by atoms with Crippen LogP contribution in [0.4, 0.5) is 24.5 Å². The molecule has 1 amide bonds. The molecule has 1 aromatic carbocycles. The van der Waals surface area contributed by atoms with E-state index >= 15 is 0 Å². The summed E-state index contributed by atoms with van der Waals surface area (Å²) in [5, 5.41) is 17.2. The predicted molar refractivity (Wildman–Crippen MR) is 80.1 cm³/mol. The van der Waals surface area contributed by atoms with Gasteiger partial charge in [0, 0.05) is 11.8 Å². The van der Waals surface area contributed by atoms with Gasteiger partial charge in [0.1, 0.15) is 23.7 Å². The third-order valence-electron chi connectivity index (χ3n) is 3.17. The lowest BCUT2D eigenvalue weighted by Gasteiger charge is -2.11. The summed E-state index contributed by atoms with van der Waals surface area (Å²) < 4.78 is 41.5. The van der Waals surface area contributed by atoms with Gasteiger partial charge in [0.15, 0.2) is 0 Å². The van der Waals surface area contributed by atoms with E-state index in [9.17, 15) is 28.1 Å². The minimum absolute atomic E-state index is 0.0859. The Bertz CT molecular complexity index is 817. The Morgan fingerprint density at radius 1 is 1.40 bits per heavy atom. The molecule has 0 bridgehead atoms.